The molecule has 0 bridgehead atoms. The summed E-state index contributed by atoms with van der Waals surface area (Å²) < 4.78 is 20.2. The maximum Gasteiger partial charge on any atom is 0.318 e. The number of alkyl halides is 1. The zero-order chi connectivity index (χ0) is 29.2. The van der Waals surface area contributed by atoms with Crippen molar-refractivity contribution in [2.24, 2.45) is 0 Å². The largest absolute Gasteiger partial charge is 0.462 e. The van der Waals surface area contributed by atoms with Gasteiger partial charge in [-0.15, -0.1) is 0 Å². The number of carbonyl (C=O) groups is 1. The van der Waals surface area contributed by atoms with E-state index in [1.807, 2.05) is 11.9 Å². The molecule has 0 spiro atoms. The molecule has 1 aromatic heterocycles. The second-order valence-electron chi connectivity index (χ2n) is 11.3. The second kappa shape index (κ2) is 11.9. The second-order valence-corrected chi connectivity index (χ2v) is 11.3. The van der Waals surface area contributed by atoms with Gasteiger partial charge in [-0.3, -0.25) is 9.69 Å². The Morgan fingerprint density at radius 2 is 1.95 bits per heavy atom. The third-order valence-electron chi connectivity index (χ3n) is 8.71. The van der Waals surface area contributed by atoms with Crippen molar-refractivity contribution in [3.05, 3.63) is 77.8 Å². The first-order chi connectivity index (χ1) is 20.4. The Morgan fingerprint density at radius 3 is 2.74 bits per heavy atom. The van der Waals surface area contributed by atoms with Gasteiger partial charge in [0, 0.05) is 55.4 Å². The van der Waals surface area contributed by atoms with Crippen LogP contribution in [-0.4, -0.2) is 96.9 Å². The number of anilines is 2. The summed E-state index contributed by atoms with van der Waals surface area (Å²) in [4.78, 5) is 34.2. The fraction of sp³-hybridized carbons (Fsp3) is 0.438. The van der Waals surface area contributed by atoms with Crippen LogP contribution in [0, 0.1) is 6.57 Å². The fourth-order valence-electron chi connectivity index (χ4n) is 6.50. The van der Waals surface area contributed by atoms with Crippen LogP contribution in [0.3, 0.4) is 0 Å². The van der Waals surface area contributed by atoms with Crippen molar-refractivity contribution in [3.63, 3.8) is 0 Å². The number of ether oxygens (including phenoxy) is 1. The number of fused-ring (bicyclic) bond motifs is 2. The van der Waals surface area contributed by atoms with Crippen molar-refractivity contribution in [2.45, 2.75) is 37.6 Å². The molecule has 10 heteroatoms. The van der Waals surface area contributed by atoms with Gasteiger partial charge < -0.3 is 24.3 Å². The Hall–Kier alpha value is -4.23. The monoisotopic (exact) mass is 569 g/mol. The number of rotatable bonds is 7. The smallest absolute Gasteiger partial charge is 0.318 e. The standard InChI is InChI=1S/C32H36FN7O2/c1-4-30(41)40-15-14-39(19-25(40)17-34-2)31-27-12-13-38(29-11-7-9-22-8-5-6-10-26(22)29)20-28(27)35-32(36-31)42-21-24-16-23(33)18-37(24)3/h4-11,23-25H,1,12-21H2,3H3/t23-,24-,25?/m0/s1. The van der Waals surface area contributed by atoms with Crippen molar-refractivity contribution in [2.75, 3.05) is 62.7 Å². The number of hydrogen-bond donors (Lipinski definition) is 0. The van der Waals surface area contributed by atoms with Gasteiger partial charge in [0.2, 0.25) is 12.5 Å². The quantitative estimate of drug-likeness (QED) is 0.317. The highest BCUT2D eigenvalue weighted by Gasteiger charge is 2.35. The third-order valence-corrected chi connectivity index (χ3v) is 8.71. The van der Waals surface area contributed by atoms with Crippen molar-refractivity contribution in [1.29, 1.82) is 0 Å². The molecule has 0 radical (unpaired) electrons. The van der Waals surface area contributed by atoms with E-state index in [1.165, 1.54) is 16.8 Å². The lowest BCUT2D eigenvalue weighted by molar-refractivity contribution is -0.128. The lowest BCUT2D eigenvalue weighted by Crippen LogP contribution is -2.56. The highest BCUT2D eigenvalue weighted by atomic mass is 19.1. The molecule has 0 aliphatic carbocycles. The molecule has 3 atom stereocenters. The third kappa shape index (κ3) is 5.49. The van der Waals surface area contributed by atoms with Crippen LogP contribution in [0.5, 0.6) is 6.01 Å². The number of nitrogens with zero attached hydrogens (tertiary/aromatic N) is 7. The minimum atomic E-state index is -0.855. The molecule has 0 saturated carbocycles. The van der Waals surface area contributed by atoms with Gasteiger partial charge in [0.15, 0.2) is 0 Å². The Balaban J connectivity index is 1.32. The van der Waals surface area contributed by atoms with Crippen LogP contribution in [0.25, 0.3) is 15.6 Å². The Morgan fingerprint density at radius 1 is 1.12 bits per heavy atom. The summed E-state index contributed by atoms with van der Waals surface area (Å²) in [5.41, 5.74) is 3.14. The van der Waals surface area contributed by atoms with E-state index in [0.29, 0.717) is 45.8 Å². The summed E-state index contributed by atoms with van der Waals surface area (Å²) in [6.07, 6.45) is 1.64. The van der Waals surface area contributed by atoms with Gasteiger partial charge in [-0.2, -0.15) is 9.97 Å². The summed E-state index contributed by atoms with van der Waals surface area (Å²) in [5.74, 6) is 0.644. The molecule has 1 amide bonds. The SMILES string of the molecule is [C-]#[N+]CC1CN(c2nc(OC[C@@H]3C[C@H](F)CN3C)nc3c2CCN(c2cccc4ccccc24)C3)CCN1C(=O)C=C. The van der Waals surface area contributed by atoms with E-state index < -0.39 is 6.17 Å². The Labute approximate surface area is 246 Å². The molecule has 218 valence electrons. The molecule has 3 aliphatic heterocycles. The lowest BCUT2D eigenvalue weighted by atomic mass is 10.0. The van der Waals surface area contributed by atoms with Gasteiger partial charge >= 0.3 is 6.01 Å². The molecule has 0 N–H and O–H groups in total. The topological polar surface area (TPSA) is 69.4 Å². The number of benzene rings is 2. The van der Waals surface area contributed by atoms with Gasteiger partial charge in [0.25, 0.3) is 0 Å². The molecule has 3 aromatic rings. The van der Waals surface area contributed by atoms with Crippen molar-refractivity contribution in [1.82, 2.24) is 19.8 Å². The van der Waals surface area contributed by atoms with Crippen LogP contribution in [0.15, 0.2) is 55.1 Å². The molecule has 2 saturated heterocycles. The first-order valence-electron chi connectivity index (χ1n) is 14.6. The van der Waals surface area contributed by atoms with E-state index in [2.05, 4.69) is 63.7 Å². The summed E-state index contributed by atoms with van der Waals surface area (Å²) in [6, 6.07) is 14.7. The molecule has 2 aromatic carbocycles. The first-order valence-corrected chi connectivity index (χ1v) is 14.6. The minimum absolute atomic E-state index is 0.0354. The molecule has 2 fully saturated rings. The maximum absolute atomic E-state index is 14.0. The average Bonchev–Trinajstić information content (AvgIpc) is 3.34. The van der Waals surface area contributed by atoms with Crippen molar-refractivity contribution >= 4 is 28.2 Å². The molecule has 4 heterocycles. The van der Waals surface area contributed by atoms with E-state index >= 15 is 0 Å². The van der Waals surface area contributed by atoms with Crippen molar-refractivity contribution < 1.29 is 13.9 Å². The Bertz CT molecular complexity index is 1520. The zero-order valence-corrected chi connectivity index (χ0v) is 24.0. The Kier molecular flexibility index (Phi) is 7.94. The molecular weight excluding hydrogens is 533 g/mol. The van der Waals surface area contributed by atoms with Gasteiger partial charge in [0.05, 0.1) is 12.2 Å². The first kappa shape index (κ1) is 27.9. The molecule has 42 heavy (non-hydrogen) atoms. The minimum Gasteiger partial charge on any atom is -0.462 e. The van der Waals surface area contributed by atoms with Gasteiger partial charge in [-0.05, 0) is 37.4 Å². The number of carbonyl (C=O) groups excluding carboxylic acids is 1. The highest BCUT2D eigenvalue weighted by molar-refractivity contribution is 5.94. The number of halogens is 1. The summed E-state index contributed by atoms with van der Waals surface area (Å²) in [6.45, 7) is 15.0. The number of aromatic nitrogens is 2. The fourth-order valence-corrected chi connectivity index (χ4v) is 6.50. The molecule has 9 nitrogen and oxygen atoms in total. The van der Waals surface area contributed by atoms with E-state index in [4.69, 9.17) is 21.3 Å². The van der Waals surface area contributed by atoms with E-state index in [9.17, 15) is 9.18 Å². The van der Waals surface area contributed by atoms with Crippen LogP contribution in [0.1, 0.15) is 17.7 Å². The van der Waals surface area contributed by atoms with E-state index in [0.717, 1.165) is 35.7 Å². The zero-order valence-electron chi connectivity index (χ0n) is 24.0. The number of piperazine rings is 1. The number of amides is 1. The van der Waals surface area contributed by atoms with E-state index in [1.54, 1.807) is 4.90 Å². The molecule has 6 rings (SSSR count). The number of likely N-dealkylation sites (tertiary alicyclic amines) is 1. The van der Waals surface area contributed by atoms with Crippen LogP contribution >= 0.6 is 0 Å². The molecular formula is C32H36FN7O2. The predicted molar refractivity (Wildman–Crippen MR) is 162 cm³/mol. The van der Waals surface area contributed by atoms with Crippen molar-refractivity contribution in [3.8, 4) is 6.01 Å². The van der Waals surface area contributed by atoms with Crippen LogP contribution < -0.4 is 14.5 Å². The molecule has 3 aliphatic rings. The van der Waals surface area contributed by atoms with Gasteiger partial charge in [0.1, 0.15) is 24.6 Å². The van der Waals surface area contributed by atoms with Crippen LogP contribution in [0.4, 0.5) is 15.9 Å². The summed E-state index contributed by atoms with van der Waals surface area (Å²) in [7, 11) is 1.91. The van der Waals surface area contributed by atoms with Gasteiger partial charge in [-0.25, -0.2) is 11.0 Å². The predicted octanol–water partition coefficient (Wildman–Crippen LogP) is 3.74. The summed E-state index contributed by atoms with van der Waals surface area (Å²) in [5, 5.41) is 2.39. The average molecular weight is 570 g/mol. The molecule has 1 unspecified atom stereocenters. The van der Waals surface area contributed by atoms with Crippen LogP contribution in [-0.2, 0) is 17.8 Å². The summed E-state index contributed by atoms with van der Waals surface area (Å²) >= 11 is 0. The number of hydrogen-bond acceptors (Lipinski definition) is 7. The van der Waals surface area contributed by atoms with Gasteiger partial charge in [-0.1, -0.05) is 43.0 Å². The lowest BCUT2D eigenvalue weighted by Gasteiger charge is -2.41. The number of likely N-dealkylation sites (N-methyl/N-ethyl adjacent to an activating group) is 1. The van der Waals surface area contributed by atoms with Crippen LogP contribution in [0.2, 0.25) is 0 Å². The van der Waals surface area contributed by atoms with E-state index in [-0.39, 0.29) is 30.5 Å². The highest BCUT2D eigenvalue weighted by Crippen LogP contribution is 2.35. The maximum atomic E-state index is 14.0. The normalized spacial score (nSPS) is 22.6.